The average Bonchev–Trinajstić information content (AvgIpc) is 2.76. The number of benzene rings is 1. The fraction of sp³-hybridized carbons (Fsp3) is 0.143. The molecule has 2 heterocycles. The summed E-state index contributed by atoms with van der Waals surface area (Å²) in [5, 5.41) is 3.93. The molecule has 0 unspecified atom stereocenters. The van der Waals surface area contributed by atoms with Gasteiger partial charge in [0, 0.05) is 5.39 Å². The van der Waals surface area contributed by atoms with Gasteiger partial charge < -0.3 is 0 Å². The zero-order valence-electron chi connectivity index (χ0n) is 10.4. The lowest BCUT2D eigenvalue weighted by molar-refractivity contribution is 1.22. The second-order valence-corrected chi connectivity index (χ2v) is 6.10. The van der Waals surface area contributed by atoms with E-state index in [2.05, 4.69) is 16.0 Å². The molecule has 0 aliphatic heterocycles. The molecule has 2 aromatic heterocycles. The van der Waals surface area contributed by atoms with Crippen molar-refractivity contribution in [1.82, 2.24) is 9.97 Å². The Labute approximate surface area is 125 Å². The molecule has 0 atom stereocenters. The number of thiophene rings is 1. The zero-order valence-corrected chi connectivity index (χ0v) is 12.7. The lowest BCUT2D eigenvalue weighted by atomic mass is 10.1. The fourth-order valence-electron chi connectivity index (χ4n) is 2.10. The van der Waals surface area contributed by atoms with Crippen molar-refractivity contribution in [1.29, 1.82) is 0 Å². The van der Waals surface area contributed by atoms with Gasteiger partial charge in [-0.15, -0.1) is 11.3 Å². The Morgan fingerprint density at radius 2 is 1.89 bits per heavy atom. The van der Waals surface area contributed by atoms with Crippen LogP contribution in [0.4, 0.5) is 0 Å². The van der Waals surface area contributed by atoms with Crippen molar-refractivity contribution < 1.29 is 0 Å². The number of hydrogen-bond donors (Lipinski definition) is 0. The maximum absolute atomic E-state index is 6.29. The third kappa shape index (κ3) is 2.22. The molecule has 0 N–H and O–H groups in total. The Balaban J connectivity index is 2.34. The maximum Gasteiger partial charge on any atom is 0.173 e. The number of aryl methyl sites for hydroxylation is 2. The fourth-order valence-corrected chi connectivity index (χ4v) is 3.40. The molecule has 0 aliphatic rings. The van der Waals surface area contributed by atoms with Gasteiger partial charge in [-0.2, -0.15) is 0 Å². The van der Waals surface area contributed by atoms with Gasteiger partial charge in [-0.25, -0.2) is 9.97 Å². The Morgan fingerprint density at radius 1 is 1.11 bits per heavy atom. The molecule has 3 aromatic rings. The average molecular weight is 309 g/mol. The third-order valence-electron chi connectivity index (χ3n) is 2.91. The molecule has 0 spiro atoms. The van der Waals surface area contributed by atoms with E-state index in [1.165, 1.54) is 11.3 Å². The van der Waals surface area contributed by atoms with Crippen molar-refractivity contribution in [2.45, 2.75) is 13.8 Å². The summed E-state index contributed by atoms with van der Waals surface area (Å²) in [5.74, 6) is 0.587. The van der Waals surface area contributed by atoms with Crippen LogP contribution in [0.15, 0.2) is 23.6 Å². The molecular weight excluding hydrogens is 299 g/mol. The van der Waals surface area contributed by atoms with Crippen molar-refractivity contribution in [2.75, 3.05) is 0 Å². The van der Waals surface area contributed by atoms with E-state index >= 15 is 0 Å². The van der Waals surface area contributed by atoms with Gasteiger partial charge in [-0.05, 0) is 36.9 Å². The quantitative estimate of drug-likeness (QED) is 0.571. The molecule has 2 nitrogen and oxygen atoms in total. The first kappa shape index (κ1) is 12.9. The summed E-state index contributed by atoms with van der Waals surface area (Å²) in [4.78, 5) is 9.83. The third-order valence-corrected chi connectivity index (χ3v) is 4.53. The molecule has 0 bridgehead atoms. The second-order valence-electron chi connectivity index (χ2n) is 4.41. The summed E-state index contributed by atoms with van der Waals surface area (Å²) in [7, 11) is 0. The molecule has 19 heavy (non-hydrogen) atoms. The number of fused-ring (bicyclic) bond motifs is 1. The number of aromatic nitrogens is 2. The minimum absolute atomic E-state index is 0.469. The van der Waals surface area contributed by atoms with Crippen LogP contribution in [0.2, 0.25) is 10.2 Å². The number of nitrogens with zero attached hydrogens (tertiary/aromatic N) is 2. The summed E-state index contributed by atoms with van der Waals surface area (Å²) in [6.45, 7) is 4.06. The van der Waals surface area contributed by atoms with Gasteiger partial charge >= 0.3 is 0 Å². The van der Waals surface area contributed by atoms with Crippen molar-refractivity contribution in [3.05, 3.63) is 44.9 Å². The molecule has 0 fully saturated rings. The summed E-state index contributed by atoms with van der Waals surface area (Å²) >= 11 is 13.9. The molecule has 0 amide bonds. The van der Waals surface area contributed by atoms with Gasteiger partial charge in [0.2, 0.25) is 0 Å². The largest absolute Gasteiger partial charge is 0.227 e. The van der Waals surface area contributed by atoms with E-state index in [1.807, 2.05) is 31.4 Å². The standard InChI is InChI=1S/C14H10Cl2N2S/c1-7-5-8(2)11-9(6-7)13(16)18-14(17-11)12-10(15)3-4-19-12/h3-6H,1-2H3. The van der Waals surface area contributed by atoms with Crippen LogP contribution < -0.4 is 0 Å². The normalized spacial score (nSPS) is 11.2. The van der Waals surface area contributed by atoms with Crippen molar-refractivity contribution in [3.63, 3.8) is 0 Å². The molecular formula is C14H10Cl2N2S. The van der Waals surface area contributed by atoms with E-state index in [9.17, 15) is 0 Å². The van der Waals surface area contributed by atoms with Crippen LogP contribution in [0.25, 0.3) is 21.6 Å². The van der Waals surface area contributed by atoms with Crippen molar-refractivity contribution >= 4 is 45.4 Å². The van der Waals surface area contributed by atoms with Gasteiger partial charge in [0.15, 0.2) is 5.82 Å². The number of halogens is 2. The summed E-state index contributed by atoms with van der Waals surface area (Å²) < 4.78 is 0. The van der Waals surface area contributed by atoms with Gasteiger partial charge in [0.05, 0.1) is 15.4 Å². The van der Waals surface area contributed by atoms with E-state index in [-0.39, 0.29) is 0 Å². The summed E-state index contributed by atoms with van der Waals surface area (Å²) in [5.41, 5.74) is 3.12. The highest BCUT2D eigenvalue weighted by Crippen LogP contribution is 2.34. The van der Waals surface area contributed by atoms with Crippen LogP contribution in [-0.2, 0) is 0 Å². The maximum atomic E-state index is 6.29. The van der Waals surface area contributed by atoms with Crippen LogP contribution in [0.3, 0.4) is 0 Å². The summed E-state index contributed by atoms with van der Waals surface area (Å²) in [6.07, 6.45) is 0. The highest BCUT2D eigenvalue weighted by Gasteiger charge is 2.13. The van der Waals surface area contributed by atoms with E-state index in [4.69, 9.17) is 23.2 Å². The van der Waals surface area contributed by atoms with Crippen molar-refractivity contribution in [3.8, 4) is 10.7 Å². The van der Waals surface area contributed by atoms with Gasteiger partial charge in [0.1, 0.15) is 5.15 Å². The monoisotopic (exact) mass is 308 g/mol. The molecule has 1 aromatic carbocycles. The lowest BCUT2D eigenvalue weighted by Crippen LogP contribution is -1.93. The Morgan fingerprint density at radius 3 is 2.58 bits per heavy atom. The van der Waals surface area contributed by atoms with Crippen LogP contribution in [-0.4, -0.2) is 9.97 Å². The highest BCUT2D eigenvalue weighted by atomic mass is 35.5. The van der Waals surface area contributed by atoms with Crippen LogP contribution in [0, 0.1) is 13.8 Å². The molecule has 3 rings (SSSR count). The number of hydrogen-bond acceptors (Lipinski definition) is 3. The molecule has 96 valence electrons. The van der Waals surface area contributed by atoms with Crippen LogP contribution >= 0.6 is 34.5 Å². The first-order chi connectivity index (χ1) is 9.06. The predicted octanol–water partition coefficient (Wildman–Crippen LogP) is 5.28. The topological polar surface area (TPSA) is 25.8 Å². The first-order valence-electron chi connectivity index (χ1n) is 5.74. The van der Waals surface area contributed by atoms with E-state index in [1.54, 1.807) is 0 Å². The van der Waals surface area contributed by atoms with E-state index in [0.29, 0.717) is 16.0 Å². The lowest BCUT2D eigenvalue weighted by Gasteiger charge is -2.07. The zero-order chi connectivity index (χ0) is 13.6. The van der Waals surface area contributed by atoms with Crippen molar-refractivity contribution in [2.24, 2.45) is 0 Å². The molecule has 0 aliphatic carbocycles. The summed E-state index contributed by atoms with van der Waals surface area (Å²) in [6, 6.07) is 5.93. The SMILES string of the molecule is Cc1cc(C)c2nc(-c3sccc3Cl)nc(Cl)c2c1. The Kier molecular flexibility index (Phi) is 3.21. The molecule has 5 heteroatoms. The highest BCUT2D eigenvalue weighted by molar-refractivity contribution is 7.14. The number of rotatable bonds is 1. The Hall–Kier alpha value is -1.16. The molecule has 0 radical (unpaired) electrons. The minimum atomic E-state index is 0.469. The predicted molar refractivity (Wildman–Crippen MR) is 82.3 cm³/mol. The van der Waals surface area contributed by atoms with Gasteiger partial charge in [-0.1, -0.05) is 34.8 Å². The van der Waals surface area contributed by atoms with Crippen LogP contribution in [0.5, 0.6) is 0 Å². The van der Waals surface area contributed by atoms with Gasteiger partial charge in [0.25, 0.3) is 0 Å². The smallest absolute Gasteiger partial charge is 0.173 e. The van der Waals surface area contributed by atoms with E-state index < -0.39 is 0 Å². The minimum Gasteiger partial charge on any atom is -0.227 e. The molecule has 0 saturated carbocycles. The van der Waals surface area contributed by atoms with E-state index in [0.717, 1.165) is 26.9 Å². The first-order valence-corrected chi connectivity index (χ1v) is 7.37. The van der Waals surface area contributed by atoms with Gasteiger partial charge in [-0.3, -0.25) is 0 Å². The second kappa shape index (κ2) is 4.75. The Bertz CT molecular complexity index is 780. The van der Waals surface area contributed by atoms with Crippen LogP contribution in [0.1, 0.15) is 11.1 Å². The molecule has 0 saturated heterocycles.